The monoisotopic (exact) mass is 168 g/mol. The smallest absolute Gasteiger partial charge is 0.164 e. The number of ketones is 1. The lowest BCUT2D eigenvalue weighted by molar-refractivity contribution is -0.121. The molecule has 1 rings (SSSR count). The van der Waals surface area contributed by atoms with E-state index in [1.54, 1.807) is 0 Å². The molecule has 0 saturated heterocycles. The van der Waals surface area contributed by atoms with Gasteiger partial charge in [-0.1, -0.05) is 19.4 Å². The molecule has 0 spiro atoms. The molecule has 0 heterocycles. The summed E-state index contributed by atoms with van der Waals surface area (Å²) in [5, 5.41) is 9.06. The van der Waals surface area contributed by atoms with Gasteiger partial charge < -0.3 is 5.11 Å². The fourth-order valence-electron chi connectivity index (χ4n) is 1.83. The molecule has 1 aliphatic rings. The second kappa shape index (κ2) is 2.70. The molecule has 2 heteroatoms. The Morgan fingerprint density at radius 2 is 1.92 bits per heavy atom. The zero-order chi connectivity index (χ0) is 9.52. The highest BCUT2D eigenvalue weighted by molar-refractivity contribution is 6.01. The Bertz CT molecular complexity index is 249. The Morgan fingerprint density at radius 3 is 2.08 bits per heavy atom. The molecule has 0 unspecified atom stereocenters. The van der Waals surface area contributed by atoms with Gasteiger partial charge in [0.05, 0.1) is 12.5 Å². The number of carbonyl (C=O) groups is 1. The standard InChI is InChI=1S/C10H16O2/c1-6-7(2)10(3,4)8(5-11)9(6)12/h8,11H,5H2,1-4H3/t8-/m1/s1. The molecular formula is C10H16O2. The van der Waals surface area contributed by atoms with Crippen LogP contribution in [0.1, 0.15) is 27.7 Å². The van der Waals surface area contributed by atoms with Crippen molar-refractivity contribution in [3.8, 4) is 0 Å². The molecule has 12 heavy (non-hydrogen) atoms. The fraction of sp³-hybridized carbons (Fsp3) is 0.700. The first-order valence-corrected chi connectivity index (χ1v) is 4.26. The van der Waals surface area contributed by atoms with Crippen LogP contribution in [0.15, 0.2) is 11.1 Å². The molecule has 0 radical (unpaired) electrons. The van der Waals surface area contributed by atoms with Gasteiger partial charge in [0, 0.05) is 0 Å². The van der Waals surface area contributed by atoms with Crippen molar-refractivity contribution in [1.82, 2.24) is 0 Å². The highest BCUT2D eigenvalue weighted by Crippen LogP contribution is 2.43. The third-order valence-electron chi connectivity index (χ3n) is 3.27. The zero-order valence-corrected chi connectivity index (χ0v) is 8.14. The summed E-state index contributed by atoms with van der Waals surface area (Å²) in [6, 6.07) is 0. The average Bonchev–Trinajstić information content (AvgIpc) is 2.13. The van der Waals surface area contributed by atoms with Crippen LogP contribution in [-0.2, 0) is 4.79 Å². The van der Waals surface area contributed by atoms with Crippen molar-refractivity contribution in [3.63, 3.8) is 0 Å². The number of hydrogen-bond donors (Lipinski definition) is 1. The molecule has 0 aromatic carbocycles. The lowest BCUT2D eigenvalue weighted by Crippen LogP contribution is -2.28. The van der Waals surface area contributed by atoms with Gasteiger partial charge in [-0.05, 0) is 24.8 Å². The summed E-state index contributed by atoms with van der Waals surface area (Å²) in [6.07, 6.45) is 0. The van der Waals surface area contributed by atoms with Crippen molar-refractivity contribution >= 4 is 5.78 Å². The summed E-state index contributed by atoms with van der Waals surface area (Å²) < 4.78 is 0. The fourth-order valence-corrected chi connectivity index (χ4v) is 1.83. The summed E-state index contributed by atoms with van der Waals surface area (Å²) in [7, 11) is 0. The Hall–Kier alpha value is -0.630. The van der Waals surface area contributed by atoms with E-state index in [1.807, 2.05) is 27.7 Å². The van der Waals surface area contributed by atoms with Crippen molar-refractivity contribution in [3.05, 3.63) is 11.1 Å². The van der Waals surface area contributed by atoms with Gasteiger partial charge in [0.1, 0.15) is 0 Å². The summed E-state index contributed by atoms with van der Waals surface area (Å²) in [5.41, 5.74) is 1.79. The van der Waals surface area contributed by atoms with Crippen molar-refractivity contribution in [1.29, 1.82) is 0 Å². The lowest BCUT2D eigenvalue weighted by atomic mass is 9.78. The Balaban J connectivity index is 3.11. The second-order valence-electron chi connectivity index (χ2n) is 4.07. The van der Waals surface area contributed by atoms with Gasteiger partial charge in [0.15, 0.2) is 5.78 Å². The first-order chi connectivity index (χ1) is 5.42. The van der Waals surface area contributed by atoms with Crippen molar-refractivity contribution in [2.45, 2.75) is 27.7 Å². The number of hydrogen-bond acceptors (Lipinski definition) is 2. The Kier molecular flexibility index (Phi) is 2.13. The minimum absolute atomic E-state index is 0.0412. The second-order valence-corrected chi connectivity index (χ2v) is 4.07. The van der Waals surface area contributed by atoms with Gasteiger partial charge in [0.25, 0.3) is 0 Å². The third-order valence-corrected chi connectivity index (χ3v) is 3.27. The van der Waals surface area contributed by atoms with Crippen LogP contribution in [-0.4, -0.2) is 17.5 Å². The normalized spacial score (nSPS) is 28.4. The van der Waals surface area contributed by atoms with Gasteiger partial charge >= 0.3 is 0 Å². The summed E-state index contributed by atoms with van der Waals surface area (Å²) >= 11 is 0. The SMILES string of the molecule is CC1=C(C)C(C)(C)[C@H](CO)C1=O. The number of carbonyl (C=O) groups excluding carboxylic acids is 1. The van der Waals surface area contributed by atoms with E-state index in [1.165, 1.54) is 0 Å². The number of rotatable bonds is 1. The average molecular weight is 168 g/mol. The van der Waals surface area contributed by atoms with Gasteiger partial charge in [-0.25, -0.2) is 0 Å². The predicted octanol–water partition coefficient (Wildman–Crippen LogP) is 1.54. The molecule has 1 atom stereocenters. The molecule has 0 saturated carbocycles. The molecule has 0 aromatic heterocycles. The topological polar surface area (TPSA) is 37.3 Å². The zero-order valence-electron chi connectivity index (χ0n) is 8.14. The number of aliphatic hydroxyl groups is 1. The van der Waals surface area contributed by atoms with E-state index in [0.29, 0.717) is 0 Å². The van der Waals surface area contributed by atoms with Crippen LogP contribution in [0.2, 0.25) is 0 Å². The molecule has 0 fully saturated rings. The van der Waals surface area contributed by atoms with E-state index in [4.69, 9.17) is 5.11 Å². The maximum atomic E-state index is 11.5. The highest BCUT2D eigenvalue weighted by atomic mass is 16.3. The Labute approximate surface area is 73.3 Å². The van der Waals surface area contributed by atoms with Crippen LogP contribution in [0.4, 0.5) is 0 Å². The third kappa shape index (κ3) is 1.02. The van der Waals surface area contributed by atoms with E-state index in [-0.39, 0.29) is 23.7 Å². The van der Waals surface area contributed by atoms with E-state index < -0.39 is 0 Å². The molecular weight excluding hydrogens is 152 g/mol. The molecule has 68 valence electrons. The summed E-state index contributed by atoms with van der Waals surface area (Å²) in [4.78, 5) is 11.5. The minimum Gasteiger partial charge on any atom is -0.396 e. The van der Waals surface area contributed by atoms with Crippen LogP contribution in [0.25, 0.3) is 0 Å². The van der Waals surface area contributed by atoms with Crippen LogP contribution >= 0.6 is 0 Å². The molecule has 2 nitrogen and oxygen atoms in total. The summed E-state index contributed by atoms with van der Waals surface area (Å²) in [6.45, 7) is 7.80. The van der Waals surface area contributed by atoms with Gasteiger partial charge in [-0.15, -0.1) is 0 Å². The van der Waals surface area contributed by atoms with Gasteiger partial charge in [-0.3, -0.25) is 4.79 Å². The molecule has 0 bridgehead atoms. The molecule has 1 N–H and O–H groups in total. The lowest BCUT2D eigenvalue weighted by Gasteiger charge is -2.26. The van der Waals surface area contributed by atoms with Gasteiger partial charge in [-0.2, -0.15) is 0 Å². The van der Waals surface area contributed by atoms with E-state index in [0.717, 1.165) is 11.1 Å². The van der Waals surface area contributed by atoms with E-state index in [9.17, 15) is 4.79 Å². The van der Waals surface area contributed by atoms with Gasteiger partial charge in [0.2, 0.25) is 0 Å². The van der Waals surface area contributed by atoms with Crippen molar-refractivity contribution in [2.75, 3.05) is 6.61 Å². The van der Waals surface area contributed by atoms with E-state index >= 15 is 0 Å². The van der Waals surface area contributed by atoms with Crippen molar-refractivity contribution in [2.24, 2.45) is 11.3 Å². The van der Waals surface area contributed by atoms with Crippen LogP contribution in [0.5, 0.6) is 0 Å². The number of allylic oxidation sites excluding steroid dienone is 2. The first kappa shape index (κ1) is 9.46. The highest BCUT2D eigenvalue weighted by Gasteiger charge is 2.43. The van der Waals surface area contributed by atoms with Crippen LogP contribution < -0.4 is 0 Å². The number of aliphatic hydroxyl groups excluding tert-OH is 1. The molecule has 0 aromatic rings. The maximum Gasteiger partial charge on any atom is 0.164 e. The van der Waals surface area contributed by atoms with E-state index in [2.05, 4.69) is 0 Å². The molecule has 0 amide bonds. The largest absolute Gasteiger partial charge is 0.396 e. The maximum absolute atomic E-state index is 11.5. The molecule has 0 aliphatic heterocycles. The predicted molar refractivity (Wildman–Crippen MR) is 47.7 cm³/mol. The Morgan fingerprint density at radius 1 is 1.42 bits per heavy atom. The number of Topliss-reactive ketones (excluding diaryl/α,β-unsaturated/α-hetero) is 1. The summed E-state index contributed by atoms with van der Waals surface area (Å²) in [5.74, 6) is -0.113. The van der Waals surface area contributed by atoms with Crippen LogP contribution in [0, 0.1) is 11.3 Å². The quantitative estimate of drug-likeness (QED) is 0.645. The first-order valence-electron chi connectivity index (χ1n) is 4.26. The minimum atomic E-state index is -0.225. The molecule has 1 aliphatic carbocycles. The van der Waals surface area contributed by atoms with Crippen molar-refractivity contribution < 1.29 is 9.90 Å². The van der Waals surface area contributed by atoms with Crippen LogP contribution in [0.3, 0.4) is 0 Å².